The van der Waals surface area contributed by atoms with E-state index in [9.17, 15) is 4.79 Å². The lowest BCUT2D eigenvalue weighted by molar-refractivity contribution is -0.131. The van der Waals surface area contributed by atoms with E-state index in [1.165, 1.54) is 18.3 Å². The Bertz CT molecular complexity index is 1150. The molecule has 2 aromatic rings. The van der Waals surface area contributed by atoms with Crippen molar-refractivity contribution in [3.8, 4) is 6.07 Å². The maximum atomic E-state index is 12.7. The number of hydrogen-bond donors (Lipinski definition) is 1. The van der Waals surface area contributed by atoms with Gasteiger partial charge >= 0.3 is 0 Å². The minimum Gasteiger partial charge on any atom is -0.354 e. The van der Waals surface area contributed by atoms with Crippen LogP contribution in [0, 0.1) is 17.2 Å². The Morgan fingerprint density at radius 2 is 2.70 bits per heavy atom. The van der Waals surface area contributed by atoms with E-state index in [-0.39, 0.29) is 11.0 Å². The van der Waals surface area contributed by atoms with Crippen LogP contribution in [-0.2, 0) is 4.79 Å². The number of amides is 1. The van der Waals surface area contributed by atoms with Crippen molar-refractivity contribution in [3.63, 3.8) is 0 Å². The number of nitrogens with zero attached hydrogens (tertiary/aromatic N) is 5. The van der Waals surface area contributed by atoms with Gasteiger partial charge in [0, 0.05) is 35.9 Å². The smallest absolute Gasteiger partial charge is 0.236 e. The van der Waals surface area contributed by atoms with Crippen molar-refractivity contribution in [1.82, 2.24) is 19.9 Å². The second-order valence-corrected chi connectivity index (χ2v) is 4.86. The molecular weight excluding hydrogens is 292 g/mol. The molecule has 2 aromatic heterocycles. The first-order chi connectivity index (χ1) is 15.4. The molecule has 1 saturated heterocycles. The topological polar surface area (TPSA) is 88.9 Å². The maximum Gasteiger partial charge on any atom is 0.236 e. The van der Waals surface area contributed by atoms with Gasteiger partial charge in [0.2, 0.25) is 5.91 Å². The highest BCUT2D eigenvalue weighted by Gasteiger charge is 2.32. The van der Waals surface area contributed by atoms with Crippen LogP contribution in [0.4, 0.5) is 5.82 Å². The predicted molar refractivity (Wildman–Crippen MR) is 86.7 cm³/mol. The molecule has 0 saturated carbocycles. The number of fused-ring (bicyclic) bond motifs is 1. The molecule has 0 aliphatic carbocycles. The van der Waals surface area contributed by atoms with Crippen LogP contribution in [0.1, 0.15) is 34.7 Å². The predicted octanol–water partition coefficient (Wildman–Crippen LogP) is 1.54. The Kier molecular flexibility index (Phi) is 1.87. The van der Waals surface area contributed by atoms with Gasteiger partial charge in [-0.1, -0.05) is 6.85 Å². The van der Waals surface area contributed by atoms with Crippen LogP contribution >= 0.6 is 0 Å². The first-order valence-corrected chi connectivity index (χ1v) is 6.72. The highest BCUT2D eigenvalue weighted by atomic mass is 16.2. The minimum atomic E-state index is -3.29. The average molecular weight is 323 g/mol. The Labute approximate surface area is 150 Å². The van der Waals surface area contributed by atoms with Crippen molar-refractivity contribution in [3.05, 3.63) is 18.6 Å². The molecule has 23 heavy (non-hydrogen) atoms. The summed E-state index contributed by atoms with van der Waals surface area (Å²) in [6.45, 7) is -8.03. The third-order valence-corrected chi connectivity index (χ3v) is 3.54. The number of carbonyl (C=O) groups is 1. The summed E-state index contributed by atoms with van der Waals surface area (Å²) < 4.78 is 89.2. The lowest BCUT2D eigenvalue weighted by Crippen LogP contribution is -2.52. The van der Waals surface area contributed by atoms with Crippen LogP contribution in [0.25, 0.3) is 11.0 Å². The van der Waals surface area contributed by atoms with Crippen molar-refractivity contribution in [1.29, 1.82) is 5.26 Å². The molecule has 7 heteroatoms. The molecular formula is C16H20N6O. The molecule has 3 rings (SSSR count). The van der Waals surface area contributed by atoms with Gasteiger partial charge in [0.05, 0.1) is 21.6 Å². The zero-order valence-corrected chi connectivity index (χ0v) is 11.9. The quantitative estimate of drug-likeness (QED) is 0.925. The van der Waals surface area contributed by atoms with Crippen molar-refractivity contribution in [2.24, 2.45) is 5.89 Å². The molecule has 0 unspecified atom stereocenters. The number of likely N-dealkylation sites (tertiary alicyclic amines) is 1. The molecule has 1 fully saturated rings. The number of aromatic nitrogens is 3. The summed E-state index contributed by atoms with van der Waals surface area (Å²) in [6.07, 6.45) is -3.02. The highest BCUT2D eigenvalue weighted by Crippen LogP contribution is 2.28. The molecule has 1 N–H and O–H groups in total. The maximum absolute atomic E-state index is 12.7. The van der Waals surface area contributed by atoms with Gasteiger partial charge in [-0.25, -0.2) is 9.97 Å². The number of likely N-dealkylation sites (N-methyl/N-ethyl adjacent to an activating group) is 1. The molecule has 1 amide bonds. The van der Waals surface area contributed by atoms with E-state index in [4.69, 9.17) is 20.3 Å². The van der Waals surface area contributed by atoms with Crippen LogP contribution < -0.4 is 4.90 Å². The fraction of sp³-hybridized carbons (Fsp3) is 0.500. The second-order valence-electron chi connectivity index (χ2n) is 4.86. The number of piperidine rings is 1. The SMILES string of the molecule is [2H]c1nc(N(C([2H])([2H])[2H])[C@@]2([2H])CN(C(=O)C([2H])([2H])C#N)CC[C@@]2([2H])C([2H])([2H])[2H])c2cc[nH]c2n1. The number of aromatic amines is 1. The molecule has 0 bridgehead atoms. The second kappa shape index (κ2) is 6.24. The fourth-order valence-corrected chi connectivity index (χ4v) is 2.37. The molecule has 3 heterocycles. The van der Waals surface area contributed by atoms with Gasteiger partial charge in [0.15, 0.2) is 0 Å². The van der Waals surface area contributed by atoms with Crippen LogP contribution in [0.5, 0.6) is 0 Å². The largest absolute Gasteiger partial charge is 0.354 e. The summed E-state index contributed by atoms with van der Waals surface area (Å²) in [5.74, 6) is -4.70. The normalized spacial score (nSPS) is 36.3. The highest BCUT2D eigenvalue weighted by molar-refractivity contribution is 5.87. The zero-order valence-electron chi connectivity index (χ0n) is 22.9. The summed E-state index contributed by atoms with van der Waals surface area (Å²) in [5.41, 5.74) is 0.0295. The molecule has 1 aliphatic rings. The Hall–Kier alpha value is -2.62. The zero-order chi connectivity index (χ0) is 25.9. The molecule has 7 nitrogen and oxygen atoms in total. The number of anilines is 1. The van der Waals surface area contributed by atoms with E-state index in [1.807, 2.05) is 0 Å². The van der Waals surface area contributed by atoms with E-state index >= 15 is 0 Å². The van der Waals surface area contributed by atoms with Crippen LogP contribution in [0.15, 0.2) is 18.6 Å². The lowest BCUT2D eigenvalue weighted by Gasteiger charge is -2.42. The third-order valence-electron chi connectivity index (χ3n) is 3.54. The molecule has 0 spiro atoms. The molecule has 1 aliphatic heterocycles. The number of nitrogens with one attached hydrogen (secondary N) is 1. The molecule has 2 atom stereocenters. The van der Waals surface area contributed by atoms with Gasteiger partial charge in [0.25, 0.3) is 0 Å². The first-order valence-electron chi connectivity index (χ1n) is 12.2. The van der Waals surface area contributed by atoms with Gasteiger partial charge in [-0.15, -0.1) is 0 Å². The minimum absolute atomic E-state index is 0.0295. The Morgan fingerprint density at radius 3 is 3.48 bits per heavy atom. The summed E-state index contributed by atoms with van der Waals surface area (Å²) in [5, 5.41) is 9.04. The number of H-pyrrole nitrogens is 1. The summed E-state index contributed by atoms with van der Waals surface area (Å²) in [6, 6.07) is -0.397. The number of nitriles is 1. The summed E-state index contributed by atoms with van der Waals surface area (Å²) in [4.78, 5) is 24.0. The third kappa shape index (κ3) is 2.84. The van der Waals surface area contributed by atoms with Crippen molar-refractivity contribution < 1.29 is 19.9 Å². The van der Waals surface area contributed by atoms with E-state index in [1.54, 1.807) is 0 Å². The monoisotopic (exact) mass is 323 g/mol. The summed E-state index contributed by atoms with van der Waals surface area (Å²) in [7, 11) is 0. The van der Waals surface area contributed by atoms with Crippen LogP contribution in [0.3, 0.4) is 0 Å². The first kappa shape index (κ1) is 6.87. The van der Waals surface area contributed by atoms with E-state index in [2.05, 4.69) is 15.0 Å². The molecule has 0 aromatic carbocycles. The fourth-order valence-electron chi connectivity index (χ4n) is 2.37. The van der Waals surface area contributed by atoms with Gasteiger partial charge in [-0.2, -0.15) is 5.26 Å². The van der Waals surface area contributed by atoms with Crippen molar-refractivity contribution >= 4 is 22.8 Å². The van der Waals surface area contributed by atoms with Crippen molar-refractivity contribution in [2.45, 2.75) is 25.7 Å². The molecule has 0 radical (unpaired) electrons. The van der Waals surface area contributed by atoms with Crippen molar-refractivity contribution in [2.75, 3.05) is 25.0 Å². The average Bonchev–Trinajstić information content (AvgIpc) is 3.16. The van der Waals surface area contributed by atoms with Gasteiger partial charge < -0.3 is 14.8 Å². The molecule has 120 valence electrons. The Balaban J connectivity index is 2.31. The lowest BCUT2D eigenvalue weighted by atomic mass is 9.92. The van der Waals surface area contributed by atoms with Gasteiger partial charge in [-0.05, 0) is 18.4 Å². The summed E-state index contributed by atoms with van der Waals surface area (Å²) >= 11 is 0. The number of rotatable bonds is 3. The number of hydrogen-bond acceptors (Lipinski definition) is 5. The van der Waals surface area contributed by atoms with Crippen LogP contribution in [0.2, 0.25) is 0 Å². The van der Waals surface area contributed by atoms with E-state index < -0.39 is 69.7 Å². The van der Waals surface area contributed by atoms with Crippen LogP contribution in [-0.4, -0.2) is 51.8 Å². The number of carbonyl (C=O) groups excluding carboxylic acids is 1. The van der Waals surface area contributed by atoms with E-state index in [0.29, 0.717) is 9.80 Å². The van der Waals surface area contributed by atoms with E-state index in [0.717, 1.165) is 0 Å². The standard InChI is InChI=1S/C16H20N6O/c1-11-5-8-22(14(23)3-6-17)9-13(11)21(2)16-12-4-7-18-15(12)19-10-20-16/h4,7,10-11,13H,3,5,8-9H2,1-2H3,(H,18,19,20)/t11-,13+/m1/s1/i1D3,2D3,3D2,10D,11D,13D. The Morgan fingerprint density at radius 1 is 1.78 bits per heavy atom. The van der Waals surface area contributed by atoms with Gasteiger partial charge in [-0.3, -0.25) is 4.79 Å². The van der Waals surface area contributed by atoms with Gasteiger partial charge in [0.1, 0.15) is 25.5 Å².